The molecule has 2 aromatic carbocycles. The lowest BCUT2D eigenvalue weighted by Gasteiger charge is -2.19. The Kier molecular flexibility index (Phi) is 5.43. The average Bonchev–Trinajstić information content (AvgIpc) is 2.68. The van der Waals surface area contributed by atoms with Crippen molar-refractivity contribution in [2.75, 3.05) is 7.05 Å². The second-order valence-corrected chi connectivity index (χ2v) is 7.67. The summed E-state index contributed by atoms with van der Waals surface area (Å²) in [5.41, 5.74) is 1.73. The molecule has 5 nitrogen and oxygen atoms in total. The zero-order chi connectivity index (χ0) is 20.4. The first-order valence-corrected chi connectivity index (χ1v) is 10.1. The van der Waals surface area contributed by atoms with Gasteiger partial charge >= 0.3 is 0 Å². The number of fused-ring (bicyclic) bond motifs is 2. The van der Waals surface area contributed by atoms with E-state index in [1.165, 1.54) is 17.0 Å². The highest BCUT2D eigenvalue weighted by Gasteiger charge is 2.17. The Hall–Kier alpha value is -3.02. The van der Waals surface area contributed by atoms with Crippen LogP contribution in [0.15, 0.2) is 47.3 Å². The quantitative estimate of drug-likeness (QED) is 0.678. The maximum atomic E-state index is 13.4. The third kappa shape index (κ3) is 4.06. The first-order chi connectivity index (χ1) is 14.0. The minimum absolute atomic E-state index is 0.0287. The van der Waals surface area contributed by atoms with Gasteiger partial charge in [-0.1, -0.05) is 25.0 Å². The number of hydrogen-bond donors (Lipinski definition) is 0. The summed E-state index contributed by atoms with van der Waals surface area (Å²) in [7, 11) is 1.68. The normalized spacial score (nSPS) is 14.1. The van der Waals surface area contributed by atoms with E-state index in [0.717, 1.165) is 43.5 Å². The fourth-order valence-corrected chi connectivity index (χ4v) is 3.93. The molecule has 0 bridgehead atoms. The van der Waals surface area contributed by atoms with Crippen molar-refractivity contribution in [3.8, 4) is 0 Å². The van der Waals surface area contributed by atoms with Crippen LogP contribution in [-0.4, -0.2) is 27.4 Å². The topological polar surface area (TPSA) is 55.2 Å². The Bertz CT molecular complexity index is 1120. The van der Waals surface area contributed by atoms with E-state index in [4.69, 9.17) is 4.98 Å². The summed E-state index contributed by atoms with van der Waals surface area (Å²) in [6.07, 6.45) is 5.07. The first kappa shape index (κ1) is 19.3. The number of aryl methyl sites for hydroxylation is 1. The molecule has 2 heterocycles. The van der Waals surface area contributed by atoms with Crippen LogP contribution in [0.2, 0.25) is 0 Å². The Morgan fingerprint density at radius 2 is 1.97 bits per heavy atom. The molecule has 3 aromatic rings. The zero-order valence-corrected chi connectivity index (χ0v) is 16.5. The molecule has 0 fully saturated rings. The van der Waals surface area contributed by atoms with Crippen LogP contribution in [-0.2, 0) is 19.5 Å². The molecule has 4 rings (SSSR count). The van der Waals surface area contributed by atoms with Crippen molar-refractivity contribution in [3.05, 3.63) is 75.6 Å². The van der Waals surface area contributed by atoms with Gasteiger partial charge in [-0.15, -0.1) is 0 Å². The Balaban J connectivity index is 1.65. The van der Waals surface area contributed by atoms with Crippen LogP contribution >= 0.6 is 0 Å². The average molecular weight is 393 g/mol. The summed E-state index contributed by atoms with van der Waals surface area (Å²) in [6.45, 7) is 1.00. The van der Waals surface area contributed by atoms with E-state index in [2.05, 4.69) is 0 Å². The van der Waals surface area contributed by atoms with E-state index in [-0.39, 0.29) is 17.3 Å². The molecule has 0 saturated carbocycles. The van der Waals surface area contributed by atoms with Gasteiger partial charge in [0.25, 0.3) is 11.5 Å². The summed E-state index contributed by atoms with van der Waals surface area (Å²) in [6, 6.07) is 11.3. The van der Waals surface area contributed by atoms with Gasteiger partial charge in [0, 0.05) is 32.1 Å². The van der Waals surface area contributed by atoms with E-state index in [1.54, 1.807) is 41.9 Å². The number of halogens is 1. The van der Waals surface area contributed by atoms with Crippen molar-refractivity contribution < 1.29 is 9.18 Å². The number of nitrogens with zero attached hydrogens (tertiary/aromatic N) is 3. The molecule has 0 N–H and O–H groups in total. The van der Waals surface area contributed by atoms with E-state index < -0.39 is 0 Å². The van der Waals surface area contributed by atoms with Crippen LogP contribution in [0, 0.1) is 5.82 Å². The summed E-state index contributed by atoms with van der Waals surface area (Å²) in [4.78, 5) is 32.0. The fourth-order valence-electron chi connectivity index (χ4n) is 3.93. The van der Waals surface area contributed by atoms with Gasteiger partial charge < -0.3 is 4.90 Å². The van der Waals surface area contributed by atoms with Gasteiger partial charge in [-0.05, 0) is 48.7 Å². The van der Waals surface area contributed by atoms with Crippen molar-refractivity contribution in [3.63, 3.8) is 0 Å². The summed E-state index contributed by atoms with van der Waals surface area (Å²) < 4.78 is 15.2. The first-order valence-electron chi connectivity index (χ1n) is 10.1. The van der Waals surface area contributed by atoms with Gasteiger partial charge in [-0.3, -0.25) is 14.2 Å². The minimum atomic E-state index is -0.324. The van der Waals surface area contributed by atoms with Crippen LogP contribution in [0.5, 0.6) is 0 Å². The van der Waals surface area contributed by atoms with E-state index in [9.17, 15) is 14.0 Å². The molecule has 150 valence electrons. The standard InChI is InChI=1S/C23H24FN3O2/c1-26(15-16-7-6-8-18(24)13-16)22(28)17-10-11-19-20(14-17)25-21-9-4-2-3-5-12-27(21)23(19)29/h6-8,10-11,13-14H,2-5,9,12,15H2,1H3. The van der Waals surface area contributed by atoms with E-state index in [0.29, 0.717) is 29.6 Å². The van der Waals surface area contributed by atoms with Crippen molar-refractivity contribution in [1.82, 2.24) is 14.5 Å². The van der Waals surface area contributed by atoms with E-state index >= 15 is 0 Å². The van der Waals surface area contributed by atoms with Crippen LogP contribution in [0.4, 0.5) is 4.39 Å². The van der Waals surface area contributed by atoms with Crippen molar-refractivity contribution in [1.29, 1.82) is 0 Å². The van der Waals surface area contributed by atoms with Crippen molar-refractivity contribution in [2.45, 2.75) is 45.2 Å². The fraction of sp³-hybridized carbons (Fsp3) is 0.348. The lowest BCUT2D eigenvalue weighted by atomic mass is 10.1. The third-order valence-electron chi connectivity index (χ3n) is 5.47. The molecule has 6 heteroatoms. The van der Waals surface area contributed by atoms with Gasteiger partial charge in [0.1, 0.15) is 11.6 Å². The molecular weight excluding hydrogens is 369 g/mol. The lowest BCUT2D eigenvalue weighted by Crippen LogP contribution is -2.28. The number of benzene rings is 2. The van der Waals surface area contributed by atoms with Gasteiger partial charge in [0.05, 0.1) is 10.9 Å². The number of carbonyl (C=O) groups is 1. The molecule has 0 saturated heterocycles. The van der Waals surface area contributed by atoms with Crippen LogP contribution in [0.1, 0.15) is 47.4 Å². The molecule has 0 aliphatic carbocycles. The molecule has 1 aliphatic rings. The monoisotopic (exact) mass is 393 g/mol. The van der Waals surface area contributed by atoms with Crippen LogP contribution < -0.4 is 5.56 Å². The molecule has 1 amide bonds. The minimum Gasteiger partial charge on any atom is -0.337 e. The SMILES string of the molecule is CN(Cc1cccc(F)c1)C(=O)c1ccc2c(=O)n3c(nc2c1)CCCCCC3. The number of hydrogen-bond acceptors (Lipinski definition) is 3. The number of amides is 1. The summed E-state index contributed by atoms with van der Waals surface area (Å²) >= 11 is 0. The zero-order valence-electron chi connectivity index (χ0n) is 16.5. The highest BCUT2D eigenvalue weighted by molar-refractivity contribution is 5.97. The molecular formula is C23H24FN3O2. The molecule has 1 aliphatic heterocycles. The highest BCUT2D eigenvalue weighted by Crippen LogP contribution is 2.18. The second kappa shape index (κ2) is 8.15. The molecule has 0 radical (unpaired) electrons. The van der Waals surface area contributed by atoms with Crippen molar-refractivity contribution >= 4 is 16.8 Å². The smallest absolute Gasteiger partial charge is 0.261 e. The summed E-state index contributed by atoms with van der Waals surface area (Å²) in [5, 5.41) is 0.540. The predicted octanol–water partition coefficient (Wildman–Crippen LogP) is 3.92. The Morgan fingerprint density at radius 1 is 1.14 bits per heavy atom. The second-order valence-electron chi connectivity index (χ2n) is 7.67. The summed E-state index contributed by atoms with van der Waals surface area (Å²) in [5.74, 6) is 0.292. The lowest BCUT2D eigenvalue weighted by molar-refractivity contribution is 0.0785. The molecule has 0 atom stereocenters. The molecule has 0 spiro atoms. The number of aromatic nitrogens is 2. The van der Waals surface area contributed by atoms with Gasteiger partial charge in [-0.2, -0.15) is 0 Å². The number of rotatable bonds is 3. The van der Waals surface area contributed by atoms with E-state index in [1.807, 2.05) is 0 Å². The highest BCUT2D eigenvalue weighted by atomic mass is 19.1. The van der Waals surface area contributed by atoms with Crippen LogP contribution in [0.3, 0.4) is 0 Å². The Labute approximate surface area is 168 Å². The Morgan fingerprint density at radius 3 is 2.79 bits per heavy atom. The van der Waals surface area contributed by atoms with Crippen molar-refractivity contribution in [2.24, 2.45) is 0 Å². The van der Waals surface area contributed by atoms with Gasteiger partial charge in [0.2, 0.25) is 0 Å². The third-order valence-corrected chi connectivity index (χ3v) is 5.47. The van der Waals surface area contributed by atoms with Gasteiger partial charge in [0.15, 0.2) is 0 Å². The molecule has 0 unspecified atom stereocenters. The largest absolute Gasteiger partial charge is 0.337 e. The van der Waals surface area contributed by atoms with Crippen LogP contribution in [0.25, 0.3) is 10.9 Å². The maximum absolute atomic E-state index is 13.4. The number of carbonyl (C=O) groups excluding carboxylic acids is 1. The van der Waals surface area contributed by atoms with Gasteiger partial charge in [-0.25, -0.2) is 9.37 Å². The predicted molar refractivity (Wildman–Crippen MR) is 110 cm³/mol. The maximum Gasteiger partial charge on any atom is 0.261 e. The molecule has 1 aromatic heterocycles. The molecule has 29 heavy (non-hydrogen) atoms.